The number of carbonyl (C=O) groups excluding carboxylic acids is 1. The third-order valence-corrected chi connectivity index (χ3v) is 6.75. The van der Waals surface area contributed by atoms with E-state index in [1.54, 1.807) is 30.3 Å². The SMILES string of the molecule is CC(=O)N1CCc2ccc(S(=O)(=O)N(C)Cc3nccs3)cc2C1. The molecule has 6 nitrogen and oxygen atoms in total. The summed E-state index contributed by atoms with van der Waals surface area (Å²) in [6.07, 6.45) is 2.42. The Morgan fingerprint density at radius 2 is 2.17 bits per heavy atom. The molecule has 0 spiro atoms. The van der Waals surface area contributed by atoms with Gasteiger partial charge in [-0.25, -0.2) is 13.4 Å². The van der Waals surface area contributed by atoms with Crippen molar-refractivity contribution in [2.75, 3.05) is 13.6 Å². The van der Waals surface area contributed by atoms with Crippen LogP contribution in [0, 0.1) is 0 Å². The van der Waals surface area contributed by atoms with Gasteiger partial charge < -0.3 is 4.90 Å². The molecule has 0 N–H and O–H groups in total. The summed E-state index contributed by atoms with van der Waals surface area (Å²) in [5.41, 5.74) is 2.01. The molecule has 0 radical (unpaired) electrons. The largest absolute Gasteiger partial charge is 0.338 e. The van der Waals surface area contributed by atoms with Gasteiger partial charge in [-0.2, -0.15) is 4.31 Å². The van der Waals surface area contributed by atoms with Crippen LogP contribution in [0.5, 0.6) is 0 Å². The van der Waals surface area contributed by atoms with Crippen LogP contribution in [-0.2, 0) is 34.3 Å². The van der Waals surface area contributed by atoms with Crippen LogP contribution >= 0.6 is 11.3 Å². The first-order chi connectivity index (χ1) is 11.4. The van der Waals surface area contributed by atoms with E-state index in [0.717, 1.165) is 22.6 Å². The lowest BCUT2D eigenvalue weighted by Crippen LogP contribution is -2.34. The van der Waals surface area contributed by atoms with Crippen LogP contribution in [0.25, 0.3) is 0 Å². The molecule has 1 amide bonds. The lowest BCUT2D eigenvalue weighted by atomic mass is 10.00. The summed E-state index contributed by atoms with van der Waals surface area (Å²) in [4.78, 5) is 17.7. The Hall–Kier alpha value is -1.77. The second kappa shape index (κ2) is 6.62. The summed E-state index contributed by atoms with van der Waals surface area (Å²) < 4.78 is 26.9. The normalized spacial score (nSPS) is 14.7. The highest BCUT2D eigenvalue weighted by Crippen LogP contribution is 2.25. The highest BCUT2D eigenvalue weighted by Gasteiger charge is 2.25. The van der Waals surface area contributed by atoms with Gasteiger partial charge >= 0.3 is 0 Å². The van der Waals surface area contributed by atoms with Crippen LogP contribution in [0.2, 0.25) is 0 Å². The molecule has 1 aliphatic rings. The van der Waals surface area contributed by atoms with Crippen molar-refractivity contribution in [3.05, 3.63) is 45.9 Å². The van der Waals surface area contributed by atoms with Gasteiger partial charge in [0.05, 0.1) is 11.4 Å². The van der Waals surface area contributed by atoms with Crippen LogP contribution in [-0.4, -0.2) is 42.1 Å². The van der Waals surface area contributed by atoms with E-state index in [2.05, 4.69) is 4.98 Å². The number of benzene rings is 1. The number of fused-ring (bicyclic) bond motifs is 1. The summed E-state index contributed by atoms with van der Waals surface area (Å²) in [7, 11) is -2.04. The number of nitrogens with zero attached hydrogens (tertiary/aromatic N) is 3. The topological polar surface area (TPSA) is 70.6 Å². The fourth-order valence-corrected chi connectivity index (χ4v) is 4.68. The average molecular weight is 365 g/mol. The predicted octanol–water partition coefficient (Wildman–Crippen LogP) is 1.87. The van der Waals surface area contributed by atoms with E-state index in [4.69, 9.17) is 0 Å². The second-order valence-corrected chi connectivity index (χ2v) is 8.83. The maximum absolute atomic E-state index is 12.8. The fourth-order valence-electron chi connectivity index (χ4n) is 2.75. The number of rotatable bonds is 4. The molecule has 0 fully saturated rings. The molecule has 0 unspecified atom stereocenters. The number of hydrogen-bond donors (Lipinski definition) is 0. The van der Waals surface area contributed by atoms with E-state index in [1.165, 1.54) is 22.6 Å². The summed E-state index contributed by atoms with van der Waals surface area (Å²) in [5.74, 6) is 0.00907. The van der Waals surface area contributed by atoms with Crippen molar-refractivity contribution in [2.24, 2.45) is 0 Å². The van der Waals surface area contributed by atoms with E-state index in [0.29, 0.717) is 13.1 Å². The van der Waals surface area contributed by atoms with E-state index in [-0.39, 0.29) is 17.3 Å². The molecule has 2 heterocycles. The molecule has 1 aliphatic heterocycles. The quantitative estimate of drug-likeness (QED) is 0.829. The molecule has 0 saturated heterocycles. The first-order valence-electron chi connectivity index (χ1n) is 7.60. The molecule has 24 heavy (non-hydrogen) atoms. The Kier molecular flexibility index (Phi) is 4.71. The minimum atomic E-state index is -3.59. The van der Waals surface area contributed by atoms with Crippen molar-refractivity contribution in [3.63, 3.8) is 0 Å². The minimum Gasteiger partial charge on any atom is -0.338 e. The average Bonchev–Trinajstić information content (AvgIpc) is 3.06. The predicted molar refractivity (Wildman–Crippen MR) is 92.0 cm³/mol. The Morgan fingerprint density at radius 1 is 1.38 bits per heavy atom. The van der Waals surface area contributed by atoms with E-state index >= 15 is 0 Å². The molecular weight excluding hydrogens is 346 g/mol. The van der Waals surface area contributed by atoms with Gasteiger partial charge in [-0.3, -0.25) is 4.79 Å². The molecular formula is C16H19N3O3S2. The molecule has 3 rings (SSSR count). The van der Waals surface area contributed by atoms with Gasteiger partial charge in [0.1, 0.15) is 5.01 Å². The van der Waals surface area contributed by atoms with Crippen molar-refractivity contribution in [1.82, 2.24) is 14.2 Å². The van der Waals surface area contributed by atoms with Crippen LogP contribution in [0.3, 0.4) is 0 Å². The zero-order chi connectivity index (χ0) is 17.3. The van der Waals surface area contributed by atoms with Gasteiger partial charge in [0.15, 0.2) is 0 Å². The van der Waals surface area contributed by atoms with E-state index < -0.39 is 10.0 Å². The summed E-state index contributed by atoms with van der Waals surface area (Å²) >= 11 is 1.43. The van der Waals surface area contributed by atoms with Gasteiger partial charge in [-0.15, -0.1) is 11.3 Å². The van der Waals surface area contributed by atoms with Crippen LogP contribution in [0.15, 0.2) is 34.7 Å². The maximum Gasteiger partial charge on any atom is 0.243 e. The highest BCUT2D eigenvalue weighted by atomic mass is 32.2. The van der Waals surface area contributed by atoms with Gasteiger partial charge in [-0.1, -0.05) is 6.07 Å². The molecule has 1 aromatic carbocycles. The lowest BCUT2D eigenvalue weighted by molar-refractivity contribution is -0.129. The lowest BCUT2D eigenvalue weighted by Gasteiger charge is -2.28. The molecule has 0 atom stereocenters. The molecule has 2 aromatic rings. The van der Waals surface area contributed by atoms with Crippen molar-refractivity contribution in [1.29, 1.82) is 0 Å². The van der Waals surface area contributed by atoms with Gasteiger partial charge in [-0.05, 0) is 29.7 Å². The number of sulfonamides is 1. The van der Waals surface area contributed by atoms with Crippen molar-refractivity contribution >= 4 is 27.3 Å². The van der Waals surface area contributed by atoms with Crippen LogP contribution in [0.1, 0.15) is 23.1 Å². The Bertz CT molecular complexity index is 847. The minimum absolute atomic E-state index is 0.00907. The first-order valence-corrected chi connectivity index (χ1v) is 9.92. The second-order valence-electron chi connectivity index (χ2n) is 5.81. The molecule has 1 aromatic heterocycles. The number of hydrogen-bond acceptors (Lipinski definition) is 5. The standard InChI is InChI=1S/C16H19N3O3S2/c1-12(20)19-7-5-13-3-4-15(9-14(13)10-19)24(21,22)18(2)11-16-17-6-8-23-16/h3-4,6,8-9H,5,7,10-11H2,1-2H3. The smallest absolute Gasteiger partial charge is 0.243 e. The fraction of sp³-hybridized carbons (Fsp3) is 0.375. The third-order valence-electron chi connectivity index (χ3n) is 4.18. The monoisotopic (exact) mass is 365 g/mol. The van der Waals surface area contributed by atoms with Crippen LogP contribution in [0.4, 0.5) is 0 Å². The molecule has 0 saturated carbocycles. The Morgan fingerprint density at radius 3 is 2.83 bits per heavy atom. The maximum atomic E-state index is 12.8. The van der Waals surface area contributed by atoms with Gasteiger partial charge in [0.25, 0.3) is 0 Å². The van der Waals surface area contributed by atoms with Crippen molar-refractivity contribution in [2.45, 2.75) is 31.3 Å². The Labute approximate surface area is 145 Å². The van der Waals surface area contributed by atoms with Crippen molar-refractivity contribution in [3.8, 4) is 0 Å². The van der Waals surface area contributed by atoms with Gasteiger partial charge in [0.2, 0.25) is 15.9 Å². The van der Waals surface area contributed by atoms with Gasteiger partial charge in [0, 0.05) is 38.6 Å². The molecule has 128 valence electrons. The first kappa shape index (κ1) is 17.1. The summed E-state index contributed by atoms with van der Waals surface area (Å²) in [5, 5.41) is 2.58. The highest BCUT2D eigenvalue weighted by molar-refractivity contribution is 7.89. The van der Waals surface area contributed by atoms with Crippen LogP contribution < -0.4 is 0 Å². The number of carbonyl (C=O) groups is 1. The number of amides is 1. The van der Waals surface area contributed by atoms with Crippen molar-refractivity contribution < 1.29 is 13.2 Å². The number of thiazole rings is 1. The van der Waals surface area contributed by atoms with E-state index in [9.17, 15) is 13.2 Å². The molecule has 0 aliphatic carbocycles. The zero-order valence-electron chi connectivity index (χ0n) is 13.6. The molecule has 0 bridgehead atoms. The van der Waals surface area contributed by atoms with E-state index in [1.807, 2.05) is 11.4 Å². The molecule has 8 heteroatoms. The summed E-state index contributed by atoms with van der Waals surface area (Å²) in [6, 6.07) is 5.20. The summed E-state index contributed by atoms with van der Waals surface area (Å²) in [6.45, 7) is 2.92. The number of aromatic nitrogens is 1. The Balaban J connectivity index is 1.86. The third kappa shape index (κ3) is 3.35. The zero-order valence-corrected chi connectivity index (χ0v) is 15.2.